The molecule has 0 aliphatic carbocycles. The number of anilines is 1. The molecule has 1 aliphatic heterocycles. The van der Waals surface area contributed by atoms with Crippen molar-refractivity contribution in [1.29, 1.82) is 0 Å². The molecule has 1 saturated heterocycles. The number of hydrogen-bond donors (Lipinski definition) is 0. The predicted molar refractivity (Wildman–Crippen MR) is 63.6 cm³/mol. The highest BCUT2D eigenvalue weighted by Gasteiger charge is 2.23. The SMILES string of the molecule is CN1CCN(c2noc3ccc(F)c(F)c23)CC1. The van der Waals surface area contributed by atoms with Crippen LogP contribution in [0.5, 0.6) is 0 Å². The van der Waals surface area contributed by atoms with Gasteiger partial charge in [0.2, 0.25) is 0 Å². The minimum absolute atomic E-state index is 0.138. The third-order valence-corrected chi connectivity index (χ3v) is 3.31. The molecule has 96 valence electrons. The smallest absolute Gasteiger partial charge is 0.183 e. The number of fused-ring (bicyclic) bond motifs is 1. The Morgan fingerprint density at radius 3 is 2.61 bits per heavy atom. The summed E-state index contributed by atoms with van der Waals surface area (Å²) in [5, 5.41) is 4.01. The number of likely N-dealkylation sites (N-methyl/N-ethyl adjacent to an activating group) is 1. The molecule has 2 aromatic rings. The molecule has 1 aromatic heterocycles. The fraction of sp³-hybridized carbons (Fsp3) is 0.417. The van der Waals surface area contributed by atoms with Gasteiger partial charge >= 0.3 is 0 Å². The molecular formula is C12H13F2N3O. The molecule has 0 saturated carbocycles. The van der Waals surface area contributed by atoms with Gasteiger partial charge in [0.05, 0.1) is 0 Å². The second-order valence-corrected chi connectivity index (χ2v) is 4.53. The van der Waals surface area contributed by atoms with Crippen LogP contribution < -0.4 is 4.90 Å². The van der Waals surface area contributed by atoms with E-state index >= 15 is 0 Å². The van der Waals surface area contributed by atoms with Gasteiger partial charge in [-0.1, -0.05) is 5.16 Å². The molecular weight excluding hydrogens is 240 g/mol. The van der Waals surface area contributed by atoms with Crippen molar-refractivity contribution >= 4 is 16.8 Å². The lowest BCUT2D eigenvalue weighted by molar-refractivity contribution is 0.310. The van der Waals surface area contributed by atoms with Gasteiger partial charge in [0, 0.05) is 26.2 Å². The molecule has 0 unspecified atom stereocenters. The molecule has 18 heavy (non-hydrogen) atoms. The van der Waals surface area contributed by atoms with Gasteiger partial charge in [-0.3, -0.25) is 0 Å². The molecule has 0 bridgehead atoms. The zero-order valence-electron chi connectivity index (χ0n) is 9.99. The molecule has 0 amide bonds. The Labute approximate surface area is 103 Å². The second-order valence-electron chi connectivity index (χ2n) is 4.53. The van der Waals surface area contributed by atoms with E-state index in [9.17, 15) is 8.78 Å². The van der Waals surface area contributed by atoms with Crippen molar-refractivity contribution in [3.63, 3.8) is 0 Å². The standard InChI is InChI=1S/C12H13F2N3O/c1-16-4-6-17(7-5-16)12-10-9(18-15-12)3-2-8(13)11(10)14/h2-3H,4-7H2,1H3. The average molecular weight is 253 g/mol. The summed E-state index contributed by atoms with van der Waals surface area (Å²) in [5.41, 5.74) is 0.280. The van der Waals surface area contributed by atoms with Crippen molar-refractivity contribution in [1.82, 2.24) is 10.1 Å². The lowest BCUT2D eigenvalue weighted by Gasteiger charge is -2.32. The lowest BCUT2D eigenvalue weighted by Crippen LogP contribution is -2.44. The fourth-order valence-electron chi connectivity index (χ4n) is 2.19. The Morgan fingerprint density at radius 1 is 1.17 bits per heavy atom. The molecule has 0 radical (unpaired) electrons. The highest BCUT2D eigenvalue weighted by molar-refractivity contribution is 5.89. The van der Waals surface area contributed by atoms with Crippen LogP contribution in [0.2, 0.25) is 0 Å². The summed E-state index contributed by atoms with van der Waals surface area (Å²) in [4.78, 5) is 4.10. The van der Waals surface area contributed by atoms with Gasteiger partial charge in [-0.05, 0) is 19.2 Å². The molecule has 1 aromatic carbocycles. The first-order valence-corrected chi connectivity index (χ1v) is 5.83. The first kappa shape index (κ1) is 11.4. The highest BCUT2D eigenvalue weighted by atomic mass is 19.2. The van der Waals surface area contributed by atoms with Crippen molar-refractivity contribution in [2.75, 3.05) is 38.1 Å². The first-order valence-electron chi connectivity index (χ1n) is 5.83. The summed E-state index contributed by atoms with van der Waals surface area (Å²) in [6.45, 7) is 3.19. The van der Waals surface area contributed by atoms with Gasteiger partial charge in [0.25, 0.3) is 0 Å². The number of halogens is 2. The first-order chi connectivity index (χ1) is 8.66. The van der Waals surface area contributed by atoms with E-state index in [-0.39, 0.29) is 11.0 Å². The maximum atomic E-state index is 13.8. The molecule has 1 aliphatic rings. The zero-order valence-corrected chi connectivity index (χ0v) is 9.99. The van der Waals surface area contributed by atoms with Gasteiger partial charge in [-0.2, -0.15) is 0 Å². The lowest BCUT2D eigenvalue weighted by atomic mass is 10.2. The van der Waals surface area contributed by atoms with Crippen LogP contribution in [0.1, 0.15) is 0 Å². The van der Waals surface area contributed by atoms with Gasteiger partial charge in [0.15, 0.2) is 23.0 Å². The van der Waals surface area contributed by atoms with Crippen LogP contribution in [0.15, 0.2) is 16.7 Å². The van der Waals surface area contributed by atoms with Crippen molar-refractivity contribution in [2.24, 2.45) is 0 Å². The highest BCUT2D eigenvalue weighted by Crippen LogP contribution is 2.30. The molecule has 0 atom stereocenters. The Morgan fingerprint density at radius 2 is 1.89 bits per heavy atom. The molecule has 1 fully saturated rings. The van der Waals surface area contributed by atoms with Gasteiger partial charge < -0.3 is 14.3 Å². The summed E-state index contributed by atoms with van der Waals surface area (Å²) in [7, 11) is 2.03. The normalized spacial score (nSPS) is 17.6. The van der Waals surface area contributed by atoms with Crippen LogP contribution in [-0.2, 0) is 0 Å². The summed E-state index contributed by atoms with van der Waals surface area (Å²) in [6.07, 6.45) is 0. The van der Waals surface area contributed by atoms with Crippen LogP contribution in [0, 0.1) is 11.6 Å². The van der Waals surface area contributed by atoms with Crippen LogP contribution in [0.4, 0.5) is 14.6 Å². The van der Waals surface area contributed by atoms with Gasteiger partial charge in [-0.15, -0.1) is 0 Å². The molecule has 3 rings (SSSR count). The molecule has 6 heteroatoms. The van der Waals surface area contributed by atoms with E-state index in [2.05, 4.69) is 10.1 Å². The monoisotopic (exact) mass is 253 g/mol. The molecule has 4 nitrogen and oxygen atoms in total. The maximum Gasteiger partial charge on any atom is 0.183 e. The Kier molecular flexibility index (Phi) is 2.66. The third kappa shape index (κ3) is 1.73. The average Bonchev–Trinajstić information content (AvgIpc) is 2.79. The second kappa shape index (κ2) is 4.20. The number of benzene rings is 1. The third-order valence-electron chi connectivity index (χ3n) is 3.31. The topological polar surface area (TPSA) is 32.5 Å². The number of piperazine rings is 1. The quantitative estimate of drug-likeness (QED) is 0.776. The minimum Gasteiger partial charge on any atom is -0.354 e. The van der Waals surface area contributed by atoms with E-state index in [4.69, 9.17) is 4.52 Å². The van der Waals surface area contributed by atoms with Crippen molar-refractivity contribution in [3.05, 3.63) is 23.8 Å². The van der Waals surface area contributed by atoms with Gasteiger partial charge in [0.1, 0.15) is 5.39 Å². The van der Waals surface area contributed by atoms with Crippen LogP contribution >= 0.6 is 0 Å². The summed E-state index contributed by atoms with van der Waals surface area (Å²) in [6, 6.07) is 2.46. The van der Waals surface area contributed by atoms with Crippen molar-refractivity contribution in [2.45, 2.75) is 0 Å². The largest absolute Gasteiger partial charge is 0.354 e. The minimum atomic E-state index is -0.886. The van der Waals surface area contributed by atoms with E-state index in [0.29, 0.717) is 5.82 Å². The van der Waals surface area contributed by atoms with Crippen LogP contribution in [-0.4, -0.2) is 43.3 Å². The Hall–Kier alpha value is -1.69. The maximum absolute atomic E-state index is 13.8. The Bertz CT molecular complexity index is 576. The zero-order chi connectivity index (χ0) is 12.7. The van der Waals surface area contributed by atoms with E-state index in [1.165, 1.54) is 6.07 Å². The van der Waals surface area contributed by atoms with Crippen LogP contribution in [0.25, 0.3) is 11.0 Å². The molecule has 2 heterocycles. The van der Waals surface area contributed by atoms with E-state index in [0.717, 1.165) is 32.2 Å². The summed E-state index contributed by atoms with van der Waals surface area (Å²) in [5.74, 6) is -1.36. The van der Waals surface area contributed by atoms with Crippen LogP contribution in [0.3, 0.4) is 0 Å². The fourth-order valence-corrected chi connectivity index (χ4v) is 2.19. The van der Waals surface area contributed by atoms with E-state index in [1.807, 2.05) is 11.9 Å². The van der Waals surface area contributed by atoms with Crippen molar-refractivity contribution in [3.8, 4) is 0 Å². The summed E-state index contributed by atoms with van der Waals surface area (Å²) < 4.78 is 32.1. The van der Waals surface area contributed by atoms with Crippen molar-refractivity contribution < 1.29 is 13.3 Å². The Balaban J connectivity index is 2.04. The number of hydrogen-bond acceptors (Lipinski definition) is 4. The molecule has 0 spiro atoms. The number of rotatable bonds is 1. The predicted octanol–water partition coefficient (Wildman–Crippen LogP) is 1.86. The summed E-state index contributed by atoms with van der Waals surface area (Å²) >= 11 is 0. The molecule has 0 N–H and O–H groups in total. The number of aromatic nitrogens is 1. The van der Waals surface area contributed by atoms with E-state index < -0.39 is 11.6 Å². The number of nitrogens with zero attached hydrogens (tertiary/aromatic N) is 3. The van der Waals surface area contributed by atoms with Gasteiger partial charge in [-0.25, -0.2) is 8.78 Å². The van der Waals surface area contributed by atoms with E-state index in [1.54, 1.807) is 0 Å².